The molecule has 2 aromatic carbocycles. The summed E-state index contributed by atoms with van der Waals surface area (Å²) in [4.78, 5) is 12.4. The van der Waals surface area contributed by atoms with E-state index in [0.717, 1.165) is 5.56 Å². The number of carbonyl (C=O) groups is 1. The normalized spacial score (nSPS) is 15.0. The van der Waals surface area contributed by atoms with Crippen molar-refractivity contribution >= 4 is 33.3 Å². The summed E-state index contributed by atoms with van der Waals surface area (Å²) in [5.41, 5.74) is 2.33. The summed E-state index contributed by atoms with van der Waals surface area (Å²) in [5.74, 6) is -0.00844. The van der Waals surface area contributed by atoms with Crippen LogP contribution in [0.15, 0.2) is 35.2 Å². The van der Waals surface area contributed by atoms with E-state index >= 15 is 0 Å². The number of fused-ring (bicyclic) bond motifs is 1. The molecule has 0 unspecified atom stereocenters. The number of phenols is 1. The fourth-order valence-electron chi connectivity index (χ4n) is 2.80. The Labute approximate surface area is 151 Å². The van der Waals surface area contributed by atoms with Crippen molar-refractivity contribution in [3.63, 3.8) is 0 Å². The molecule has 1 aliphatic heterocycles. The second-order valence-corrected chi connectivity index (χ2v) is 7.71. The van der Waals surface area contributed by atoms with Gasteiger partial charge in [-0.3, -0.25) is 4.79 Å². The molecular formula is C18H18N2O5S. The molecule has 1 amide bonds. The minimum absolute atomic E-state index is 0.0328. The Kier molecular flexibility index (Phi) is 4.47. The van der Waals surface area contributed by atoms with Gasteiger partial charge in [0.05, 0.1) is 17.6 Å². The number of benzene rings is 2. The fourth-order valence-corrected chi connectivity index (χ4v) is 3.56. The van der Waals surface area contributed by atoms with Crippen LogP contribution in [-0.4, -0.2) is 33.6 Å². The third-order valence-corrected chi connectivity index (χ3v) is 5.54. The van der Waals surface area contributed by atoms with Crippen LogP contribution >= 0.6 is 0 Å². The van der Waals surface area contributed by atoms with Crippen LogP contribution in [0.3, 0.4) is 0 Å². The predicted molar refractivity (Wildman–Crippen MR) is 98.6 cm³/mol. The van der Waals surface area contributed by atoms with E-state index in [9.17, 15) is 18.3 Å². The van der Waals surface area contributed by atoms with Crippen LogP contribution in [0.5, 0.6) is 11.5 Å². The summed E-state index contributed by atoms with van der Waals surface area (Å²) < 4.78 is 31.6. The lowest BCUT2D eigenvalue weighted by atomic mass is 10.0. The topological polar surface area (TPSA) is 105 Å². The third kappa shape index (κ3) is 3.04. The van der Waals surface area contributed by atoms with E-state index in [4.69, 9.17) is 4.74 Å². The first-order valence-corrected chi connectivity index (χ1v) is 9.23. The molecule has 0 spiro atoms. The van der Waals surface area contributed by atoms with Gasteiger partial charge in [0.15, 0.2) is 0 Å². The Bertz CT molecular complexity index is 1040. The third-order valence-electron chi connectivity index (χ3n) is 4.13. The number of sulfonamides is 1. The van der Waals surface area contributed by atoms with E-state index < -0.39 is 10.0 Å². The Balaban J connectivity index is 2.19. The van der Waals surface area contributed by atoms with Gasteiger partial charge in [0.1, 0.15) is 11.5 Å². The van der Waals surface area contributed by atoms with Crippen LogP contribution in [0.1, 0.15) is 16.7 Å². The SMILES string of the molecule is CNS(=O)(=O)c1ccc2c(c1)C(=Cc1c(O)cc(C)cc1OC)C(=O)N2. The molecule has 2 aromatic rings. The monoisotopic (exact) mass is 374 g/mol. The van der Waals surface area contributed by atoms with Crippen LogP contribution in [0.2, 0.25) is 0 Å². The molecule has 0 saturated carbocycles. The predicted octanol–water partition coefficient (Wildman–Crippen LogP) is 2.11. The van der Waals surface area contributed by atoms with E-state index in [2.05, 4.69) is 10.0 Å². The van der Waals surface area contributed by atoms with Gasteiger partial charge in [-0.05, 0) is 55.9 Å². The molecule has 0 atom stereocenters. The molecule has 1 aliphatic rings. The van der Waals surface area contributed by atoms with Gasteiger partial charge in [-0.2, -0.15) is 0 Å². The van der Waals surface area contributed by atoms with Gasteiger partial charge >= 0.3 is 0 Å². The van der Waals surface area contributed by atoms with Gasteiger partial charge in [0.2, 0.25) is 10.0 Å². The van der Waals surface area contributed by atoms with Gasteiger partial charge in [-0.15, -0.1) is 0 Å². The lowest BCUT2D eigenvalue weighted by Gasteiger charge is -2.10. The van der Waals surface area contributed by atoms with Crippen LogP contribution in [0.25, 0.3) is 11.6 Å². The Hall–Kier alpha value is -2.84. The lowest BCUT2D eigenvalue weighted by Crippen LogP contribution is -2.18. The number of ether oxygens (including phenoxy) is 1. The van der Waals surface area contributed by atoms with Gasteiger partial charge in [0, 0.05) is 16.8 Å². The van der Waals surface area contributed by atoms with Gasteiger partial charge in [-0.1, -0.05) is 0 Å². The molecule has 7 nitrogen and oxygen atoms in total. The minimum atomic E-state index is -3.65. The molecule has 8 heteroatoms. The van der Waals surface area contributed by atoms with Crippen molar-refractivity contribution < 1.29 is 23.1 Å². The largest absolute Gasteiger partial charge is 0.507 e. The van der Waals surface area contributed by atoms with Crippen molar-refractivity contribution in [1.82, 2.24) is 4.72 Å². The maximum Gasteiger partial charge on any atom is 0.256 e. The number of carbonyl (C=O) groups excluding carboxylic acids is 1. The van der Waals surface area contributed by atoms with Crippen LogP contribution < -0.4 is 14.8 Å². The van der Waals surface area contributed by atoms with Crippen molar-refractivity contribution in [2.75, 3.05) is 19.5 Å². The van der Waals surface area contributed by atoms with E-state index in [1.807, 2.05) is 6.92 Å². The number of hydrogen-bond acceptors (Lipinski definition) is 5. The molecule has 0 aliphatic carbocycles. The molecule has 136 valence electrons. The number of hydrogen-bond donors (Lipinski definition) is 3. The van der Waals surface area contributed by atoms with Crippen LogP contribution in [-0.2, 0) is 14.8 Å². The lowest BCUT2D eigenvalue weighted by molar-refractivity contribution is -0.110. The number of amides is 1. The highest BCUT2D eigenvalue weighted by atomic mass is 32.2. The Morgan fingerprint density at radius 3 is 2.62 bits per heavy atom. The Morgan fingerprint density at radius 1 is 1.23 bits per heavy atom. The number of aromatic hydroxyl groups is 1. The van der Waals surface area contributed by atoms with E-state index in [1.54, 1.807) is 12.1 Å². The summed E-state index contributed by atoms with van der Waals surface area (Å²) in [7, 11) is -0.864. The second kappa shape index (κ2) is 6.47. The number of anilines is 1. The summed E-state index contributed by atoms with van der Waals surface area (Å²) in [5, 5.41) is 12.9. The standard InChI is InChI=1S/C18H18N2O5S/c1-10-6-16(21)14(17(7-10)25-3)9-13-12-8-11(26(23,24)19-2)4-5-15(12)20-18(13)22/h4-9,19,21H,1-3H3,(H,20,22). The smallest absolute Gasteiger partial charge is 0.256 e. The molecule has 3 N–H and O–H groups in total. The number of aryl methyl sites for hydroxylation is 1. The zero-order valence-electron chi connectivity index (χ0n) is 14.5. The first-order valence-electron chi connectivity index (χ1n) is 7.75. The molecule has 1 heterocycles. The van der Waals surface area contributed by atoms with E-state index in [-0.39, 0.29) is 22.1 Å². The van der Waals surface area contributed by atoms with Gasteiger partial charge in [-0.25, -0.2) is 13.1 Å². The van der Waals surface area contributed by atoms with Crippen LogP contribution in [0, 0.1) is 6.92 Å². The quantitative estimate of drug-likeness (QED) is 0.711. The maximum absolute atomic E-state index is 12.4. The molecule has 3 rings (SSSR count). The van der Waals surface area contributed by atoms with Crippen molar-refractivity contribution in [1.29, 1.82) is 0 Å². The number of methoxy groups -OCH3 is 1. The first-order chi connectivity index (χ1) is 12.3. The summed E-state index contributed by atoms with van der Waals surface area (Å²) >= 11 is 0. The fraction of sp³-hybridized carbons (Fsp3) is 0.167. The van der Waals surface area contributed by atoms with E-state index in [0.29, 0.717) is 22.6 Å². The summed E-state index contributed by atoms with van der Waals surface area (Å²) in [6, 6.07) is 7.66. The molecule has 0 radical (unpaired) electrons. The number of nitrogens with one attached hydrogen (secondary N) is 2. The second-order valence-electron chi connectivity index (χ2n) is 5.83. The average molecular weight is 374 g/mol. The number of rotatable bonds is 4. The molecule has 0 saturated heterocycles. The minimum Gasteiger partial charge on any atom is -0.507 e. The molecule has 0 aromatic heterocycles. The maximum atomic E-state index is 12.4. The highest BCUT2D eigenvalue weighted by molar-refractivity contribution is 7.89. The zero-order chi connectivity index (χ0) is 19.1. The van der Waals surface area contributed by atoms with Crippen molar-refractivity contribution in [2.24, 2.45) is 0 Å². The van der Waals surface area contributed by atoms with E-state index in [1.165, 1.54) is 38.4 Å². The Morgan fingerprint density at radius 2 is 1.96 bits per heavy atom. The van der Waals surface area contributed by atoms with Crippen molar-refractivity contribution in [2.45, 2.75) is 11.8 Å². The zero-order valence-corrected chi connectivity index (χ0v) is 15.3. The van der Waals surface area contributed by atoms with Gasteiger partial charge < -0.3 is 15.2 Å². The molecule has 0 bridgehead atoms. The molecular weight excluding hydrogens is 356 g/mol. The van der Waals surface area contributed by atoms with Crippen molar-refractivity contribution in [3.05, 3.63) is 47.0 Å². The van der Waals surface area contributed by atoms with Crippen LogP contribution in [0.4, 0.5) is 5.69 Å². The average Bonchev–Trinajstić information content (AvgIpc) is 2.91. The summed E-state index contributed by atoms with van der Waals surface area (Å²) in [6.07, 6.45) is 1.49. The summed E-state index contributed by atoms with van der Waals surface area (Å²) in [6.45, 7) is 1.81. The number of phenolic OH excluding ortho intramolecular Hbond substituents is 1. The highest BCUT2D eigenvalue weighted by Gasteiger charge is 2.27. The molecule has 0 fully saturated rings. The van der Waals surface area contributed by atoms with Gasteiger partial charge in [0.25, 0.3) is 5.91 Å². The highest BCUT2D eigenvalue weighted by Crippen LogP contribution is 2.38. The van der Waals surface area contributed by atoms with Crippen molar-refractivity contribution in [3.8, 4) is 11.5 Å². The molecule has 26 heavy (non-hydrogen) atoms. The first kappa shape index (κ1) is 18.0.